The van der Waals surface area contributed by atoms with Crippen molar-refractivity contribution in [3.63, 3.8) is 0 Å². The molecule has 2 amide bonds. The number of carbonyl (C=O) groups is 2. The van der Waals surface area contributed by atoms with Gasteiger partial charge >= 0.3 is 0 Å². The lowest BCUT2D eigenvalue weighted by Crippen LogP contribution is -2.58. The summed E-state index contributed by atoms with van der Waals surface area (Å²) in [7, 11) is 4.00. The third-order valence-electron chi connectivity index (χ3n) is 6.52. The van der Waals surface area contributed by atoms with E-state index in [1.54, 1.807) is 12.4 Å². The molecule has 4 rings (SSSR count). The van der Waals surface area contributed by atoms with Gasteiger partial charge in [0.1, 0.15) is 0 Å². The number of hydrogen-bond donors (Lipinski definition) is 4. The average Bonchev–Trinajstić information content (AvgIpc) is 3.28. The van der Waals surface area contributed by atoms with Gasteiger partial charge in [-0.1, -0.05) is 6.07 Å². The Balaban J connectivity index is 1.25. The van der Waals surface area contributed by atoms with Crippen molar-refractivity contribution in [3.8, 4) is 0 Å². The molecule has 2 saturated heterocycles. The molecule has 186 valence electrons. The van der Waals surface area contributed by atoms with Crippen LogP contribution in [0.25, 0.3) is 0 Å². The maximum Gasteiger partial charge on any atom is 0.237 e. The summed E-state index contributed by atoms with van der Waals surface area (Å²) in [4.78, 5) is 33.2. The molecule has 2 aromatic rings. The monoisotopic (exact) mass is 495 g/mol. The number of thiocarbonyl (C=S) groups is 1. The molecule has 35 heavy (non-hydrogen) atoms. The van der Waals surface area contributed by atoms with Crippen molar-refractivity contribution in [3.05, 3.63) is 54.4 Å². The van der Waals surface area contributed by atoms with E-state index in [0.29, 0.717) is 44.0 Å². The highest BCUT2D eigenvalue weighted by atomic mass is 32.1. The number of carbonyl (C=O) groups excluding carboxylic acids is 2. The highest BCUT2D eigenvalue weighted by Crippen LogP contribution is 2.26. The summed E-state index contributed by atoms with van der Waals surface area (Å²) in [6.07, 6.45) is 5.23. The summed E-state index contributed by atoms with van der Waals surface area (Å²) < 4.78 is 0. The number of hydrogen-bond acceptors (Lipinski definition) is 6. The minimum Gasteiger partial charge on any atom is -0.378 e. The molecule has 0 unspecified atom stereocenters. The van der Waals surface area contributed by atoms with Crippen LogP contribution in [0.4, 0.5) is 11.4 Å². The number of anilines is 2. The van der Waals surface area contributed by atoms with Crippen molar-refractivity contribution in [1.29, 1.82) is 0 Å². The average molecular weight is 496 g/mol. The number of rotatable bonds is 8. The molecular formula is C25H33N7O2S. The van der Waals surface area contributed by atoms with Gasteiger partial charge in [-0.2, -0.15) is 0 Å². The topological polar surface area (TPSA) is 102 Å². The van der Waals surface area contributed by atoms with Crippen molar-refractivity contribution in [1.82, 2.24) is 25.8 Å². The van der Waals surface area contributed by atoms with Gasteiger partial charge in [0.2, 0.25) is 11.8 Å². The van der Waals surface area contributed by atoms with Crippen LogP contribution in [0.3, 0.4) is 0 Å². The summed E-state index contributed by atoms with van der Waals surface area (Å²) in [5.74, 6) is 0.0477. The maximum atomic E-state index is 12.5. The van der Waals surface area contributed by atoms with Crippen LogP contribution < -0.4 is 26.2 Å². The molecule has 9 nitrogen and oxygen atoms in total. The predicted molar refractivity (Wildman–Crippen MR) is 141 cm³/mol. The first-order valence-corrected chi connectivity index (χ1v) is 12.3. The molecule has 0 aliphatic carbocycles. The van der Waals surface area contributed by atoms with E-state index in [2.05, 4.69) is 31.2 Å². The Labute approximate surface area is 211 Å². The van der Waals surface area contributed by atoms with Gasteiger partial charge in [-0.3, -0.25) is 19.5 Å². The number of amides is 2. The molecule has 4 N–H and O–H groups in total. The molecule has 2 aliphatic rings. The van der Waals surface area contributed by atoms with E-state index in [0.717, 1.165) is 16.9 Å². The fourth-order valence-electron chi connectivity index (χ4n) is 4.63. The molecule has 0 spiro atoms. The van der Waals surface area contributed by atoms with Crippen LogP contribution in [0.2, 0.25) is 0 Å². The van der Waals surface area contributed by atoms with Crippen molar-refractivity contribution in [2.45, 2.75) is 43.9 Å². The fourth-order valence-corrected chi connectivity index (χ4v) is 4.92. The van der Waals surface area contributed by atoms with E-state index >= 15 is 0 Å². The molecule has 3 atom stereocenters. The Bertz CT molecular complexity index is 1030. The third kappa shape index (κ3) is 6.67. The second-order valence-electron chi connectivity index (χ2n) is 9.26. The molecule has 2 aliphatic heterocycles. The SMILES string of the molecule is CN(C)c1ccc(NC(=S)N[C@H]2C[C@H]3C(=O)NC[C@@H](CCC(=O)NCc4cccnc4)N3C2)cc1. The molecule has 0 saturated carbocycles. The van der Waals surface area contributed by atoms with Gasteiger partial charge in [-0.25, -0.2) is 0 Å². The quantitative estimate of drug-likeness (QED) is 0.409. The van der Waals surface area contributed by atoms with Crippen molar-refractivity contribution >= 4 is 40.5 Å². The van der Waals surface area contributed by atoms with E-state index < -0.39 is 0 Å². The Morgan fingerprint density at radius 2 is 2.06 bits per heavy atom. The standard InChI is InChI=1S/C25H33N7O2S/c1-31(2)20-7-5-18(6-8-20)29-25(35)30-19-12-22-24(34)28-15-21(32(22)16-19)9-10-23(33)27-14-17-4-3-11-26-13-17/h3-8,11,13,19,21-22H,9-10,12,14-16H2,1-2H3,(H,27,33)(H,28,34)(H2,29,30,35)/t19-,21+,22-/m0/s1. The van der Waals surface area contributed by atoms with E-state index in [1.807, 2.05) is 55.4 Å². The number of pyridine rings is 1. The Hall–Kier alpha value is -3.24. The zero-order chi connectivity index (χ0) is 24.8. The van der Waals surface area contributed by atoms with Crippen molar-refractivity contribution in [2.75, 3.05) is 37.4 Å². The lowest BCUT2D eigenvalue weighted by molar-refractivity contribution is -0.129. The van der Waals surface area contributed by atoms with Crippen LogP contribution in [0.1, 0.15) is 24.8 Å². The summed E-state index contributed by atoms with van der Waals surface area (Å²) in [5, 5.41) is 13.1. The second kappa shape index (κ2) is 11.5. The Morgan fingerprint density at radius 1 is 1.26 bits per heavy atom. The summed E-state index contributed by atoms with van der Waals surface area (Å²) in [6.45, 7) is 1.73. The van der Waals surface area contributed by atoms with Crippen LogP contribution in [0, 0.1) is 0 Å². The van der Waals surface area contributed by atoms with Crippen molar-refractivity contribution < 1.29 is 9.59 Å². The summed E-state index contributed by atoms with van der Waals surface area (Å²) in [6, 6.07) is 11.8. The highest BCUT2D eigenvalue weighted by Gasteiger charge is 2.43. The van der Waals surface area contributed by atoms with Crippen LogP contribution >= 0.6 is 12.2 Å². The van der Waals surface area contributed by atoms with Gasteiger partial charge in [0.25, 0.3) is 0 Å². The van der Waals surface area contributed by atoms with Gasteiger partial charge in [0.15, 0.2) is 5.11 Å². The number of benzene rings is 1. The predicted octanol–water partition coefficient (Wildman–Crippen LogP) is 1.47. The summed E-state index contributed by atoms with van der Waals surface area (Å²) >= 11 is 5.53. The number of fused-ring (bicyclic) bond motifs is 1. The van der Waals surface area contributed by atoms with Crippen LogP contribution in [0.15, 0.2) is 48.8 Å². The maximum absolute atomic E-state index is 12.5. The Kier molecular flexibility index (Phi) is 8.14. The highest BCUT2D eigenvalue weighted by molar-refractivity contribution is 7.80. The second-order valence-corrected chi connectivity index (χ2v) is 9.67. The zero-order valence-corrected chi connectivity index (χ0v) is 21.0. The number of nitrogens with one attached hydrogen (secondary N) is 4. The van der Waals surface area contributed by atoms with E-state index in [-0.39, 0.29) is 29.9 Å². The van der Waals surface area contributed by atoms with E-state index in [4.69, 9.17) is 12.2 Å². The first-order valence-electron chi connectivity index (χ1n) is 11.9. The van der Waals surface area contributed by atoms with Gasteiger partial charge in [0, 0.05) is 76.0 Å². The van der Waals surface area contributed by atoms with Gasteiger partial charge < -0.3 is 26.2 Å². The van der Waals surface area contributed by atoms with Crippen LogP contribution in [-0.4, -0.2) is 72.1 Å². The zero-order valence-electron chi connectivity index (χ0n) is 20.2. The van der Waals surface area contributed by atoms with Crippen LogP contribution in [0.5, 0.6) is 0 Å². The molecule has 2 fully saturated rings. The lowest BCUT2D eigenvalue weighted by atomic mass is 10.0. The normalized spacial score (nSPS) is 21.5. The molecule has 1 aromatic carbocycles. The number of piperazine rings is 1. The van der Waals surface area contributed by atoms with E-state index in [9.17, 15) is 9.59 Å². The minimum atomic E-state index is -0.202. The molecule has 0 bridgehead atoms. The van der Waals surface area contributed by atoms with Crippen LogP contribution in [-0.2, 0) is 16.1 Å². The summed E-state index contributed by atoms with van der Waals surface area (Å²) in [5.41, 5.74) is 3.00. The largest absolute Gasteiger partial charge is 0.378 e. The fraction of sp³-hybridized carbons (Fsp3) is 0.440. The number of nitrogens with zero attached hydrogens (tertiary/aromatic N) is 3. The van der Waals surface area contributed by atoms with Crippen molar-refractivity contribution in [2.24, 2.45) is 0 Å². The first-order chi connectivity index (χ1) is 16.9. The molecule has 0 radical (unpaired) electrons. The molecule has 1 aromatic heterocycles. The van der Waals surface area contributed by atoms with Gasteiger partial charge in [-0.05, 0) is 61.0 Å². The number of aromatic nitrogens is 1. The van der Waals surface area contributed by atoms with Gasteiger partial charge in [-0.15, -0.1) is 0 Å². The molecule has 10 heteroatoms. The smallest absolute Gasteiger partial charge is 0.237 e. The Morgan fingerprint density at radius 3 is 2.77 bits per heavy atom. The lowest BCUT2D eigenvalue weighted by Gasteiger charge is -2.37. The minimum absolute atomic E-state index is 0.00170. The van der Waals surface area contributed by atoms with E-state index in [1.165, 1.54) is 0 Å². The molecular weight excluding hydrogens is 462 g/mol. The van der Waals surface area contributed by atoms with Gasteiger partial charge in [0.05, 0.1) is 6.04 Å². The molecule has 3 heterocycles. The first kappa shape index (κ1) is 24.9. The third-order valence-corrected chi connectivity index (χ3v) is 6.74.